The Kier molecular flexibility index (Phi) is 4.41. The van der Waals surface area contributed by atoms with Crippen LogP contribution in [-0.4, -0.2) is 27.7 Å². The molecule has 1 unspecified atom stereocenters. The van der Waals surface area contributed by atoms with Gasteiger partial charge in [-0.2, -0.15) is 0 Å². The highest BCUT2D eigenvalue weighted by atomic mass is 32.2. The lowest BCUT2D eigenvalue weighted by Gasteiger charge is -2.61. The van der Waals surface area contributed by atoms with Crippen molar-refractivity contribution < 1.29 is 19.1 Å². The number of rotatable bonds is 1. The van der Waals surface area contributed by atoms with Crippen molar-refractivity contribution in [2.75, 3.05) is 0 Å². The maximum atomic E-state index is 12.2. The molecule has 0 bridgehead atoms. The average molecular weight is 417 g/mol. The van der Waals surface area contributed by atoms with Crippen LogP contribution >= 0.6 is 11.8 Å². The van der Waals surface area contributed by atoms with Crippen LogP contribution in [0.25, 0.3) is 0 Å². The van der Waals surface area contributed by atoms with Gasteiger partial charge < -0.3 is 4.74 Å². The maximum Gasteiger partial charge on any atom is 0.306 e. The highest BCUT2D eigenvalue weighted by Crippen LogP contribution is 2.70. The molecule has 1 spiro atoms. The standard InChI is InChI=1S/C24H32O4S/c1-14(25)29-19-13-15-12-16(26)4-8-22(15,2)17-5-9-23(3)18(21(17)19)6-10-24(23)11-7-20(27)28-24/h12,17-19,21H,4-11,13H2,1-3H3/t17-,18-,19+,21?,22-,23-,24+/m0/s1. The van der Waals surface area contributed by atoms with Gasteiger partial charge in [0.2, 0.25) is 0 Å². The van der Waals surface area contributed by atoms with Gasteiger partial charge in [0.15, 0.2) is 10.9 Å². The summed E-state index contributed by atoms with van der Waals surface area (Å²) in [5, 5.41) is 0.409. The zero-order valence-electron chi connectivity index (χ0n) is 17.8. The zero-order chi connectivity index (χ0) is 20.6. The second kappa shape index (κ2) is 6.45. The van der Waals surface area contributed by atoms with Crippen LogP contribution in [0.5, 0.6) is 0 Å². The molecule has 29 heavy (non-hydrogen) atoms. The number of carbonyl (C=O) groups is 3. The van der Waals surface area contributed by atoms with Crippen LogP contribution in [-0.2, 0) is 19.1 Å². The molecule has 5 aliphatic rings. The quantitative estimate of drug-likeness (QED) is 0.572. The second-order valence-electron chi connectivity index (χ2n) is 10.7. The van der Waals surface area contributed by atoms with Gasteiger partial charge in [0.1, 0.15) is 5.60 Å². The first-order chi connectivity index (χ1) is 13.7. The third-order valence-corrected chi connectivity index (χ3v) is 10.7. The van der Waals surface area contributed by atoms with E-state index in [0.717, 1.165) is 44.9 Å². The smallest absolute Gasteiger partial charge is 0.306 e. The molecule has 4 aliphatic carbocycles. The molecule has 0 aromatic heterocycles. The van der Waals surface area contributed by atoms with Crippen LogP contribution in [0.4, 0.5) is 0 Å². The topological polar surface area (TPSA) is 60.4 Å². The molecule has 5 rings (SSSR count). The fourth-order valence-corrected chi connectivity index (χ4v) is 9.36. The first-order valence-electron chi connectivity index (χ1n) is 11.3. The summed E-state index contributed by atoms with van der Waals surface area (Å²) in [6, 6.07) is 0. The Balaban J connectivity index is 1.56. The Labute approximate surface area is 177 Å². The minimum absolute atomic E-state index is 0.0119. The molecule has 3 saturated carbocycles. The minimum Gasteiger partial charge on any atom is -0.458 e. The molecule has 1 heterocycles. The van der Waals surface area contributed by atoms with Crippen molar-refractivity contribution in [3.8, 4) is 0 Å². The van der Waals surface area contributed by atoms with E-state index in [-0.39, 0.29) is 38.5 Å². The van der Waals surface area contributed by atoms with Gasteiger partial charge in [-0.1, -0.05) is 31.2 Å². The third kappa shape index (κ3) is 2.68. The molecule has 0 radical (unpaired) electrons. The molecular formula is C24H32O4S. The molecule has 0 aromatic rings. The Hall–Kier alpha value is -1.10. The second-order valence-corrected chi connectivity index (χ2v) is 12.1. The van der Waals surface area contributed by atoms with Crippen molar-refractivity contribution in [3.05, 3.63) is 11.6 Å². The van der Waals surface area contributed by atoms with Crippen molar-refractivity contribution in [1.29, 1.82) is 0 Å². The summed E-state index contributed by atoms with van der Waals surface area (Å²) < 4.78 is 6.06. The molecule has 0 N–H and O–H groups in total. The largest absolute Gasteiger partial charge is 0.458 e. The van der Waals surface area contributed by atoms with Crippen LogP contribution in [0.2, 0.25) is 0 Å². The van der Waals surface area contributed by atoms with Gasteiger partial charge in [0, 0.05) is 30.4 Å². The summed E-state index contributed by atoms with van der Waals surface area (Å²) in [5.74, 6) is 1.67. The number of hydrogen-bond donors (Lipinski definition) is 0. The summed E-state index contributed by atoms with van der Waals surface area (Å²) in [6.45, 7) is 6.42. The molecule has 0 amide bonds. The van der Waals surface area contributed by atoms with E-state index in [1.165, 1.54) is 17.3 Å². The van der Waals surface area contributed by atoms with Gasteiger partial charge in [0.05, 0.1) is 0 Å². The first-order valence-corrected chi connectivity index (χ1v) is 12.2. The molecule has 1 aliphatic heterocycles. The average Bonchev–Trinajstić information content (AvgIpc) is 3.17. The fourth-order valence-electron chi connectivity index (χ4n) is 8.13. The summed E-state index contributed by atoms with van der Waals surface area (Å²) in [7, 11) is 0. The Morgan fingerprint density at radius 3 is 2.52 bits per heavy atom. The van der Waals surface area contributed by atoms with E-state index in [1.807, 2.05) is 6.08 Å². The lowest BCUT2D eigenvalue weighted by Crippen LogP contribution is -2.57. The fraction of sp³-hybridized carbons (Fsp3) is 0.792. The maximum absolute atomic E-state index is 12.2. The van der Waals surface area contributed by atoms with E-state index in [0.29, 0.717) is 30.6 Å². The van der Waals surface area contributed by atoms with E-state index in [4.69, 9.17) is 4.74 Å². The predicted molar refractivity (Wildman–Crippen MR) is 112 cm³/mol. The lowest BCUT2D eigenvalue weighted by molar-refractivity contribution is -0.167. The van der Waals surface area contributed by atoms with E-state index in [1.54, 1.807) is 6.92 Å². The van der Waals surface area contributed by atoms with Gasteiger partial charge in [-0.25, -0.2) is 0 Å². The number of thioether (sulfide) groups is 1. The number of esters is 1. The number of fused-ring (bicyclic) bond motifs is 6. The van der Waals surface area contributed by atoms with Gasteiger partial charge in [-0.15, -0.1) is 0 Å². The number of carbonyl (C=O) groups excluding carboxylic acids is 3. The number of ketones is 1. The van der Waals surface area contributed by atoms with Crippen molar-refractivity contribution in [1.82, 2.24) is 0 Å². The zero-order valence-corrected chi connectivity index (χ0v) is 18.6. The van der Waals surface area contributed by atoms with Crippen LogP contribution in [0.15, 0.2) is 11.6 Å². The predicted octanol–water partition coefficient (Wildman–Crippen LogP) is 4.85. The summed E-state index contributed by atoms with van der Waals surface area (Å²) in [5.41, 5.74) is 1.09. The van der Waals surface area contributed by atoms with Gasteiger partial charge in [-0.3, -0.25) is 14.4 Å². The van der Waals surface area contributed by atoms with Gasteiger partial charge >= 0.3 is 5.97 Å². The van der Waals surface area contributed by atoms with Crippen LogP contribution < -0.4 is 0 Å². The molecule has 1 saturated heterocycles. The number of allylic oxidation sites excluding steroid dienone is 1. The van der Waals surface area contributed by atoms with Gasteiger partial charge in [-0.05, 0) is 74.2 Å². The third-order valence-electron chi connectivity index (χ3n) is 9.61. The SMILES string of the molecule is CC(=O)S[C@@H]1CC2=CC(=O)CC[C@]2(C)[C@H]2CC[C@@]3(C)[C@@H](CC[C@@]34CCC(=O)O4)C12. The molecule has 0 aromatic carbocycles. The number of ether oxygens (including phenoxy) is 1. The summed E-state index contributed by atoms with van der Waals surface area (Å²) >= 11 is 1.50. The number of hydrogen-bond acceptors (Lipinski definition) is 5. The molecule has 4 nitrogen and oxygen atoms in total. The Bertz CT molecular complexity index is 818. The van der Waals surface area contributed by atoms with Gasteiger partial charge in [0.25, 0.3) is 0 Å². The van der Waals surface area contributed by atoms with E-state index in [9.17, 15) is 14.4 Å². The van der Waals surface area contributed by atoms with Crippen LogP contribution in [0.1, 0.15) is 78.6 Å². The van der Waals surface area contributed by atoms with Crippen molar-refractivity contribution in [3.63, 3.8) is 0 Å². The highest BCUT2D eigenvalue weighted by molar-refractivity contribution is 8.14. The van der Waals surface area contributed by atoms with Crippen LogP contribution in [0, 0.1) is 28.6 Å². The summed E-state index contributed by atoms with van der Waals surface area (Å²) in [6.07, 6.45) is 10.0. The van der Waals surface area contributed by atoms with E-state index >= 15 is 0 Å². The molecule has 158 valence electrons. The lowest BCUT2D eigenvalue weighted by atomic mass is 9.46. The van der Waals surface area contributed by atoms with E-state index in [2.05, 4.69) is 13.8 Å². The Morgan fingerprint density at radius 2 is 1.83 bits per heavy atom. The summed E-state index contributed by atoms with van der Waals surface area (Å²) in [4.78, 5) is 36.4. The van der Waals surface area contributed by atoms with Crippen molar-refractivity contribution >= 4 is 28.6 Å². The monoisotopic (exact) mass is 416 g/mol. The minimum atomic E-state index is -0.287. The molecular weight excluding hydrogens is 384 g/mol. The Morgan fingerprint density at radius 1 is 1.07 bits per heavy atom. The molecule has 5 heteroatoms. The van der Waals surface area contributed by atoms with E-state index < -0.39 is 0 Å². The van der Waals surface area contributed by atoms with Crippen LogP contribution in [0.3, 0.4) is 0 Å². The first kappa shape index (κ1) is 19.8. The molecule has 7 atom stereocenters. The van der Waals surface area contributed by atoms with Crippen molar-refractivity contribution in [2.24, 2.45) is 28.6 Å². The molecule has 4 fully saturated rings. The normalized spacial score (nSPS) is 48.6. The highest BCUT2D eigenvalue weighted by Gasteiger charge is 2.68. The van der Waals surface area contributed by atoms with Crippen molar-refractivity contribution in [2.45, 2.75) is 89.4 Å².